The first kappa shape index (κ1) is 35.1. The second kappa shape index (κ2) is 13.8. The number of carbonyl (C=O) groups excluding carboxylic acids is 3. The maximum atomic E-state index is 13.0. The van der Waals surface area contributed by atoms with Crippen molar-refractivity contribution >= 4 is 51.7 Å². The van der Waals surface area contributed by atoms with Crippen molar-refractivity contribution in [3.8, 4) is 10.0 Å². The van der Waals surface area contributed by atoms with Crippen molar-refractivity contribution in [1.82, 2.24) is 40.2 Å². The van der Waals surface area contributed by atoms with Gasteiger partial charge in [-0.1, -0.05) is 24.3 Å². The van der Waals surface area contributed by atoms with Crippen LogP contribution in [0.4, 0.5) is 0 Å². The number of nitrogens with one attached hydrogen (secondary N) is 2. The number of thiophene rings is 2. The Labute approximate surface area is 318 Å². The van der Waals surface area contributed by atoms with Crippen LogP contribution in [0.3, 0.4) is 0 Å². The molecule has 0 radical (unpaired) electrons. The monoisotopic (exact) mass is 756 g/mol. The van der Waals surface area contributed by atoms with Crippen LogP contribution in [0, 0.1) is 41.5 Å². The lowest BCUT2D eigenvalue weighted by Crippen LogP contribution is -2.37. The molecule has 6 aromatic rings. The number of fused-ring (bicyclic) bond motifs is 6. The van der Waals surface area contributed by atoms with Crippen LogP contribution in [0.2, 0.25) is 0 Å². The topological polar surface area (TPSA) is 161 Å². The summed E-state index contributed by atoms with van der Waals surface area (Å²) < 4.78 is 4.14. The molecule has 0 saturated carbocycles. The van der Waals surface area contributed by atoms with Crippen molar-refractivity contribution in [2.24, 2.45) is 9.98 Å². The molecule has 2 amide bonds. The van der Waals surface area contributed by atoms with Gasteiger partial charge in [0, 0.05) is 43.1 Å². The van der Waals surface area contributed by atoms with Gasteiger partial charge in [-0.3, -0.25) is 33.5 Å². The van der Waals surface area contributed by atoms with Crippen molar-refractivity contribution in [3.05, 3.63) is 126 Å². The fourth-order valence-electron chi connectivity index (χ4n) is 6.75. The third-order valence-corrected chi connectivity index (χ3v) is 12.3. The summed E-state index contributed by atoms with van der Waals surface area (Å²) >= 11 is 3.38. The molecule has 54 heavy (non-hydrogen) atoms. The summed E-state index contributed by atoms with van der Waals surface area (Å²) in [4.78, 5) is 50.9. The Bertz CT molecular complexity index is 2390. The molecule has 8 rings (SSSR count). The van der Waals surface area contributed by atoms with Crippen LogP contribution in [0.25, 0.3) is 10.0 Å². The van der Waals surface area contributed by atoms with E-state index in [1.165, 1.54) is 9.75 Å². The molecule has 0 saturated heterocycles. The van der Waals surface area contributed by atoms with Gasteiger partial charge in [0.1, 0.15) is 34.7 Å². The van der Waals surface area contributed by atoms with Gasteiger partial charge in [-0.05, 0) is 76.9 Å². The van der Waals surface area contributed by atoms with Gasteiger partial charge in [0.15, 0.2) is 17.4 Å². The van der Waals surface area contributed by atoms with Crippen LogP contribution < -0.4 is 10.6 Å². The van der Waals surface area contributed by atoms with Crippen LogP contribution in [-0.2, 0) is 17.9 Å². The van der Waals surface area contributed by atoms with E-state index in [1.54, 1.807) is 46.9 Å². The maximum absolute atomic E-state index is 13.0. The largest absolute Gasteiger partial charge is 0.345 e. The Kier molecular flexibility index (Phi) is 8.98. The molecule has 272 valence electrons. The number of ketones is 1. The molecule has 2 N–H and O–H groups in total. The SMILES string of the molecule is Cc1sc2c(c1C)C(c1ccc(C(=O)NCC(=O)CNC(=O)c3ccc(C4=NCc5nnc(C)n5-c5sc(C)c(C)c54)cc3)cc1)=NCc1nnc(C)n1-2. The second-order valence-corrected chi connectivity index (χ2v) is 15.7. The van der Waals surface area contributed by atoms with E-state index in [0.717, 1.165) is 78.1 Å². The summed E-state index contributed by atoms with van der Waals surface area (Å²) in [7, 11) is 0. The molecule has 2 aromatic carbocycles. The van der Waals surface area contributed by atoms with Crippen LogP contribution in [-0.4, -0.2) is 71.6 Å². The Hall–Kier alpha value is -5.93. The summed E-state index contributed by atoms with van der Waals surface area (Å²) in [5, 5.41) is 24.6. The molecular formula is C39H36N10O3S2. The molecule has 0 unspecified atom stereocenters. The summed E-state index contributed by atoms with van der Waals surface area (Å²) in [5.74, 6) is 2.08. The zero-order chi connectivity index (χ0) is 37.8. The van der Waals surface area contributed by atoms with Crippen LogP contribution >= 0.6 is 22.7 Å². The first-order chi connectivity index (χ1) is 26.0. The van der Waals surface area contributed by atoms with Gasteiger partial charge in [-0.25, -0.2) is 0 Å². The number of hydrogen-bond donors (Lipinski definition) is 2. The zero-order valence-electron chi connectivity index (χ0n) is 30.6. The lowest BCUT2D eigenvalue weighted by molar-refractivity contribution is -0.117. The average Bonchev–Trinajstić information content (AvgIpc) is 3.83. The van der Waals surface area contributed by atoms with E-state index in [1.807, 2.05) is 38.1 Å². The number of amides is 2. The summed E-state index contributed by atoms with van der Waals surface area (Å²) in [5.41, 5.74) is 8.62. The molecular weight excluding hydrogens is 721 g/mol. The van der Waals surface area contributed by atoms with Crippen LogP contribution in [0.5, 0.6) is 0 Å². The highest BCUT2D eigenvalue weighted by Crippen LogP contribution is 2.37. The minimum absolute atomic E-state index is 0.226. The highest BCUT2D eigenvalue weighted by atomic mass is 32.1. The number of carbonyl (C=O) groups is 3. The van der Waals surface area contributed by atoms with E-state index < -0.39 is 0 Å². The molecule has 15 heteroatoms. The number of hydrogen-bond acceptors (Lipinski definition) is 11. The molecule has 2 aliphatic heterocycles. The number of aromatic nitrogens is 6. The van der Waals surface area contributed by atoms with Crippen molar-refractivity contribution in [3.63, 3.8) is 0 Å². The summed E-state index contributed by atoms with van der Waals surface area (Å²) in [6, 6.07) is 14.4. The maximum Gasteiger partial charge on any atom is 0.251 e. The number of aliphatic imine (C=N–C) groups is 2. The molecule has 2 aliphatic rings. The molecule has 13 nitrogen and oxygen atoms in total. The van der Waals surface area contributed by atoms with Gasteiger partial charge >= 0.3 is 0 Å². The number of Topliss-reactive ketones (excluding diaryl/α,β-unsaturated/α-hetero) is 1. The molecule has 4 aromatic heterocycles. The van der Waals surface area contributed by atoms with Gasteiger partial charge < -0.3 is 10.6 Å². The lowest BCUT2D eigenvalue weighted by Gasteiger charge is -2.11. The molecule has 0 fully saturated rings. The first-order valence-electron chi connectivity index (χ1n) is 17.4. The normalized spacial score (nSPS) is 13.1. The zero-order valence-corrected chi connectivity index (χ0v) is 32.2. The standard InChI is InChI=1S/C39H36N10O3S2/c1-19-21(3)53-38-32(19)34(40-17-30-46-44-23(5)48(30)38)25-7-11-27(12-8-25)36(51)42-15-29(50)16-43-37(52)28-13-9-26(10-14-28)35-33-20(2)22(4)54-39(33)49-24(6)45-47-31(49)18-41-35/h7-14H,15-18H2,1-6H3,(H,42,51)(H,43,52). The summed E-state index contributed by atoms with van der Waals surface area (Å²) in [6.45, 7) is 12.6. The van der Waals surface area contributed by atoms with E-state index in [9.17, 15) is 14.4 Å². The molecule has 0 spiro atoms. The van der Waals surface area contributed by atoms with Crippen molar-refractivity contribution in [1.29, 1.82) is 0 Å². The van der Waals surface area contributed by atoms with Gasteiger partial charge in [-0.2, -0.15) is 0 Å². The van der Waals surface area contributed by atoms with Crippen molar-refractivity contribution in [2.45, 2.75) is 54.6 Å². The van der Waals surface area contributed by atoms with Crippen LogP contribution in [0.15, 0.2) is 58.5 Å². The number of rotatable bonds is 8. The average molecular weight is 757 g/mol. The lowest BCUT2D eigenvalue weighted by atomic mass is 9.98. The third kappa shape index (κ3) is 6.08. The van der Waals surface area contributed by atoms with Crippen molar-refractivity contribution < 1.29 is 14.4 Å². The smallest absolute Gasteiger partial charge is 0.251 e. The molecule has 0 atom stereocenters. The van der Waals surface area contributed by atoms with Gasteiger partial charge in [0.25, 0.3) is 11.8 Å². The van der Waals surface area contributed by atoms with Crippen LogP contribution in [0.1, 0.15) is 87.1 Å². The predicted molar refractivity (Wildman–Crippen MR) is 208 cm³/mol. The first-order valence-corrected chi connectivity index (χ1v) is 19.0. The van der Waals surface area contributed by atoms with E-state index in [0.29, 0.717) is 24.2 Å². The Morgan fingerprint density at radius 2 is 0.981 bits per heavy atom. The Morgan fingerprint density at radius 3 is 1.37 bits per heavy atom. The van der Waals surface area contributed by atoms with E-state index in [4.69, 9.17) is 9.98 Å². The Morgan fingerprint density at radius 1 is 0.593 bits per heavy atom. The number of benzene rings is 2. The summed E-state index contributed by atoms with van der Waals surface area (Å²) in [6.07, 6.45) is 0. The van der Waals surface area contributed by atoms with Gasteiger partial charge in [0.05, 0.1) is 24.5 Å². The highest BCUT2D eigenvalue weighted by Gasteiger charge is 2.28. The second-order valence-electron chi connectivity index (χ2n) is 13.3. The minimum Gasteiger partial charge on any atom is -0.345 e. The van der Waals surface area contributed by atoms with Crippen molar-refractivity contribution in [2.75, 3.05) is 13.1 Å². The van der Waals surface area contributed by atoms with E-state index in [2.05, 4.69) is 67.9 Å². The Balaban J connectivity index is 0.878. The fraction of sp³-hybridized carbons (Fsp3) is 0.256. The number of nitrogens with zero attached hydrogens (tertiary/aromatic N) is 8. The van der Waals surface area contributed by atoms with E-state index >= 15 is 0 Å². The third-order valence-electron chi connectivity index (χ3n) is 9.89. The molecule has 0 aliphatic carbocycles. The van der Waals surface area contributed by atoms with Gasteiger partial charge in [-0.15, -0.1) is 43.1 Å². The van der Waals surface area contributed by atoms with E-state index in [-0.39, 0.29) is 30.7 Å². The predicted octanol–water partition coefficient (Wildman–Crippen LogP) is 5.25. The molecule has 0 bridgehead atoms. The highest BCUT2D eigenvalue weighted by molar-refractivity contribution is 7.15. The van der Waals surface area contributed by atoms with Gasteiger partial charge in [0.2, 0.25) is 0 Å². The fourth-order valence-corrected chi connectivity index (χ4v) is 9.20. The number of aryl methyl sites for hydroxylation is 4. The molecule has 6 heterocycles. The minimum atomic E-state index is -0.389. The quantitative estimate of drug-likeness (QED) is 0.214.